The van der Waals surface area contributed by atoms with Gasteiger partial charge >= 0.3 is 0 Å². The number of fused-ring (bicyclic) bond motifs is 1. The third-order valence-electron chi connectivity index (χ3n) is 4.13. The maximum Gasteiger partial charge on any atom is 0.188 e. The number of aryl methyl sites for hydroxylation is 1. The standard InChI is InChI=1S/C20H25N5S/c21-20(23-10-4-8-18-13-22-15-25-18)24-11-12-26-14-17-7-3-6-16-5-1-2-9-19(16)17/h1-3,5-7,9,13,15H,4,8,10-12,14H2,(H,22,25)(H3,21,23,24). The van der Waals surface area contributed by atoms with Gasteiger partial charge in [-0.05, 0) is 29.2 Å². The number of nitrogens with two attached hydrogens (primary N) is 1. The number of aliphatic imine (C=N–C) groups is 1. The average Bonchev–Trinajstić information content (AvgIpc) is 3.18. The molecule has 0 bridgehead atoms. The number of hydrogen-bond acceptors (Lipinski definition) is 3. The quantitative estimate of drug-likeness (QED) is 0.308. The molecular weight excluding hydrogens is 342 g/mol. The summed E-state index contributed by atoms with van der Waals surface area (Å²) >= 11 is 1.91. The van der Waals surface area contributed by atoms with Crippen LogP contribution in [0.5, 0.6) is 0 Å². The molecule has 0 saturated heterocycles. The normalized spacial score (nSPS) is 11.8. The van der Waals surface area contributed by atoms with E-state index in [1.54, 1.807) is 6.33 Å². The highest BCUT2D eigenvalue weighted by Crippen LogP contribution is 2.22. The van der Waals surface area contributed by atoms with Crippen LogP contribution in [-0.2, 0) is 12.2 Å². The summed E-state index contributed by atoms with van der Waals surface area (Å²) in [6, 6.07) is 15.0. The molecule has 4 N–H and O–H groups in total. The van der Waals surface area contributed by atoms with Crippen LogP contribution in [0.2, 0.25) is 0 Å². The van der Waals surface area contributed by atoms with E-state index in [0.29, 0.717) is 5.96 Å². The van der Waals surface area contributed by atoms with Crippen LogP contribution >= 0.6 is 11.8 Å². The van der Waals surface area contributed by atoms with Gasteiger partial charge in [0.1, 0.15) is 0 Å². The summed E-state index contributed by atoms with van der Waals surface area (Å²) < 4.78 is 0. The summed E-state index contributed by atoms with van der Waals surface area (Å²) in [6.45, 7) is 1.55. The fraction of sp³-hybridized carbons (Fsp3) is 0.300. The molecule has 136 valence electrons. The van der Waals surface area contributed by atoms with Crippen molar-refractivity contribution in [3.63, 3.8) is 0 Å². The highest BCUT2D eigenvalue weighted by atomic mass is 32.2. The van der Waals surface area contributed by atoms with Gasteiger partial charge < -0.3 is 16.0 Å². The van der Waals surface area contributed by atoms with E-state index in [1.807, 2.05) is 18.0 Å². The topological polar surface area (TPSA) is 79.1 Å². The lowest BCUT2D eigenvalue weighted by Crippen LogP contribution is -2.33. The first-order valence-electron chi connectivity index (χ1n) is 8.88. The van der Waals surface area contributed by atoms with Gasteiger partial charge in [-0.1, -0.05) is 42.5 Å². The number of H-pyrrole nitrogens is 1. The predicted octanol–water partition coefficient (Wildman–Crippen LogP) is 3.33. The van der Waals surface area contributed by atoms with Crippen molar-refractivity contribution >= 4 is 28.5 Å². The SMILES string of the molecule is NC(=NCCCc1cnc[nH]1)NCCSCc1cccc2ccccc12. The average molecular weight is 368 g/mol. The van der Waals surface area contributed by atoms with E-state index in [9.17, 15) is 0 Å². The molecule has 0 fully saturated rings. The number of thioether (sulfide) groups is 1. The van der Waals surface area contributed by atoms with Crippen LogP contribution in [0.3, 0.4) is 0 Å². The van der Waals surface area contributed by atoms with E-state index in [-0.39, 0.29) is 0 Å². The highest BCUT2D eigenvalue weighted by molar-refractivity contribution is 7.98. The van der Waals surface area contributed by atoms with Gasteiger partial charge in [-0.15, -0.1) is 0 Å². The van der Waals surface area contributed by atoms with Crippen LogP contribution < -0.4 is 11.1 Å². The van der Waals surface area contributed by atoms with E-state index in [2.05, 4.69) is 62.7 Å². The van der Waals surface area contributed by atoms with E-state index in [1.165, 1.54) is 16.3 Å². The molecule has 5 nitrogen and oxygen atoms in total. The fourth-order valence-electron chi connectivity index (χ4n) is 2.80. The maximum absolute atomic E-state index is 5.91. The molecule has 0 aliphatic carbocycles. The van der Waals surface area contributed by atoms with Gasteiger partial charge in [0, 0.05) is 36.5 Å². The molecule has 0 unspecified atom stereocenters. The zero-order chi connectivity index (χ0) is 18.0. The van der Waals surface area contributed by atoms with Crippen molar-refractivity contribution in [3.05, 3.63) is 66.2 Å². The molecule has 0 aliphatic rings. The number of aromatic amines is 1. The number of guanidine groups is 1. The van der Waals surface area contributed by atoms with Gasteiger partial charge in [0.25, 0.3) is 0 Å². The van der Waals surface area contributed by atoms with Crippen molar-refractivity contribution in [3.8, 4) is 0 Å². The van der Waals surface area contributed by atoms with Crippen molar-refractivity contribution in [2.75, 3.05) is 18.8 Å². The number of imidazole rings is 1. The zero-order valence-electron chi connectivity index (χ0n) is 14.8. The third kappa shape index (κ3) is 5.52. The Morgan fingerprint density at radius 3 is 2.96 bits per heavy atom. The first-order chi connectivity index (χ1) is 12.8. The van der Waals surface area contributed by atoms with Gasteiger partial charge in [-0.25, -0.2) is 4.98 Å². The van der Waals surface area contributed by atoms with Crippen molar-refractivity contribution in [1.29, 1.82) is 0 Å². The second-order valence-electron chi connectivity index (χ2n) is 6.06. The lowest BCUT2D eigenvalue weighted by molar-refractivity contribution is 0.806. The molecule has 0 atom stereocenters. The molecule has 6 heteroatoms. The van der Waals surface area contributed by atoms with Crippen LogP contribution in [0.1, 0.15) is 17.7 Å². The van der Waals surface area contributed by atoms with Crippen LogP contribution in [-0.4, -0.2) is 34.8 Å². The number of nitrogens with one attached hydrogen (secondary N) is 2. The summed E-state index contributed by atoms with van der Waals surface area (Å²) in [4.78, 5) is 11.5. The number of aromatic nitrogens is 2. The second-order valence-corrected chi connectivity index (χ2v) is 7.17. The van der Waals surface area contributed by atoms with Gasteiger partial charge in [-0.2, -0.15) is 11.8 Å². The van der Waals surface area contributed by atoms with Crippen LogP contribution in [0.4, 0.5) is 0 Å². The van der Waals surface area contributed by atoms with Gasteiger partial charge in [-0.3, -0.25) is 4.99 Å². The van der Waals surface area contributed by atoms with Crippen molar-refractivity contribution in [1.82, 2.24) is 15.3 Å². The summed E-state index contributed by atoms with van der Waals surface area (Å²) in [5.74, 6) is 2.53. The lowest BCUT2D eigenvalue weighted by Gasteiger charge is -2.08. The van der Waals surface area contributed by atoms with Crippen molar-refractivity contribution < 1.29 is 0 Å². The molecule has 3 aromatic rings. The number of benzene rings is 2. The highest BCUT2D eigenvalue weighted by Gasteiger charge is 2.00. The first kappa shape index (κ1) is 18.3. The van der Waals surface area contributed by atoms with E-state index < -0.39 is 0 Å². The number of rotatable bonds is 9. The van der Waals surface area contributed by atoms with Crippen molar-refractivity contribution in [2.45, 2.75) is 18.6 Å². The predicted molar refractivity (Wildman–Crippen MR) is 112 cm³/mol. The third-order valence-corrected chi connectivity index (χ3v) is 5.14. The molecule has 2 aromatic carbocycles. The molecule has 0 saturated carbocycles. The Bertz CT molecular complexity index is 824. The molecule has 0 amide bonds. The minimum Gasteiger partial charge on any atom is -0.370 e. The molecule has 26 heavy (non-hydrogen) atoms. The Morgan fingerprint density at radius 1 is 1.19 bits per heavy atom. The maximum atomic E-state index is 5.91. The van der Waals surface area contributed by atoms with Crippen LogP contribution in [0.15, 0.2) is 60.0 Å². The second kappa shape index (κ2) is 9.87. The first-order valence-corrected chi connectivity index (χ1v) is 10.0. The molecule has 1 heterocycles. The smallest absolute Gasteiger partial charge is 0.188 e. The summed E-state index contributed by atoms with van der Waals surface area (Å²) in [7, 11) is 0. The van der Waals surface area contributed by atoms with Gasteiger partial charge in [0.15, 0.2) is 5.96 Å². The number of nitrogens with zero attached hydrogens (tertiary/aromatic N) is 2. The van der Waals surface area contributed by atoms with Gasteiger partial charge in [0.05, 0.1) is 6.33 Å². The Hall–Kier alpha value is -2.47. The minimum absolute atomic E-state index is 0.528. The lowest BCUT2D eigenvalue weighted by atomic mass is 10.1. The van der Waals surface area contributed by atoms with Gasteiger partial charge in [0.2, 0.25) is 0 Å². The minimum atomic E-state index is 0.528. The Morgan fingerprint density at radius 2 is 2.08 bits per heavy atom. The van der Waals surface area contributed by atoms with E-state index in [0.717, 1.165) is 43.1 Å². The summed E-state index contributed by atoms with van der Waals surface area (Å²) in [5.41, 5.74) is 8.43. The van der Waals surface area contributed by atoms with Crippen LogP contribution in [0.25, 0.3) is 10.8 Å². The monoisotopic (exact) mass is 367 g/mol. The van der Waals surface area contributed by atoms with E-state index >= 15 is 0 Å². The van der Waals surface area contributed by atoms with Crippen LogP contribution in [0, 0.1) is 0 Å². The van der Waals surface area contributed by atoms with E-state index in [4.69, 9.17) is 5.73 Å². The Kier molecular flexibility index (Phi) is 6.96. The fourth-order valence-corrected chi connectivity index (χ4v) is 3.66. The molecule has 0 spiro atoms. The molecular formula is C20H25N5S. The molecule has 0 aliphatic heterocycles. The summed E-state index contributed by atoms with van der Waals surface area (Å²) in [6.07, 6.45) is 5.45. The largest absolute Gasteiger partial charge is 0.370 e. The summed E-state index contributed by atoms with van der Waals surface area (Å²) in [5, 5.41) is 5.83. The Balaban J connectivity index is 1.32. The van der Waals surface area contributed by atoms with Crippen molar-refractivity contribution in [2.24, 2.45) is 10.7 Å². The Labute approximate surface area is 158 Å². The molecule has 3 rings (SSSR count). The zero-order valence-corrected chi connectivity index (χ0v) is 15.6. The number of hydrogen-bond donors (Lipinski definition) is 3. The molecule has 1 aromatic heterocycles. The molecule has 0 radical (unpaired) electrons.